The quantitative estimate of drug-likeness (QED) is 0.173. The number of para-hydroxylation sites is 3. The van der Waals surface area contributed by atoms with E-state index >= 15 is 0 Å². The van der Waals surface area contributed by atoms with Gasteiger partial charge in [-0.3, -0.25) is 0 Å². The van der Waals surface area contributed by atoms with E-state index in [1.165, 1.54) is 93.8 Å². The molecule has 2 aromatic heterocycles. The number of aryl methyl sites for hydroxylation is 2. The van der Waals surface area contributed by atoms with Crippen LogP contribution in [-0.4, -0.2) is 9.13 Å². The molecule has 0 unspecified atom stereocenters. The molecule has 2 heteroatoms. The van der Waals surface area contributed by atoms with Crippen LogP contribution in [0.25, 0.3) is 88.4 Å². The molecular formula is C50H36N2. The minimum Gasteiger partial charge on any atom is -0.309 e. The second-order valence-corrected chi connectivity index (χ2v) is 13.9. The fourth-order valence-electron chi connectivity index (χ4n) is 8.23. The van der Waals surface area contributed by atoms with Crippen LogP contribution >= 0.6 is 0 Å². The zero-order valence-electron chi connectivity index (χ0n) is 29.2. The molecule has 52 heavy (non-hydrogen) atoms. The third kappa shape index (κ3) is 4.72. The lowest BCUT2D eigenvalue weighted by Crippen LogP contribution is -1.95. The Morgan fingerprint density at radius 3 is 1.10 bits per heavy atom. The van der Waals surface area contributed by atoms with E-state index in [0.717, 1.165) is 5.69 Å². The molecule has 246 valence electrons. The van der Waals surface area contributed by atoms with E-state index in [0.29, 0.717) is 0 Å². The van der Waals surface area contributed by atoms with E-state index < -0.39 is 0 Å². The summed E-state index contributed by atoms with van der Waals surface area (Å²) in [5, 5.41) is 5.14. The topological polar surface area (TPSA) is 9.86 Å². The number of rotatable bonds is 5. The summed E-state index contributed by atoms with van der Waals surface area (Å²) in [6, 6.07) is 66.5. The van der Waals surface area contributed by atoms with E-state index in [-0.39, 0.29) is 0 Å². The SMILES string of the molecule is Cc1cc2c3ccccc3n(-c3ccc(-c4ccccc4-c4ccccc4-c4ccc(-n5c6ccccc6c6ccccc65)cc4)cc3)c2cc1C. The highest BCUT2D eigenvalue weighted by atomic mass is 15.0. The van der Waals surface area contributed by atoms with Crippen molar-refractivity contribution in [3.8, 4) is 44.8 Å². The summed E-state index contributed by atoms with van der Waals surface area (Å²) in [6.07, 6.45) is 0. The Labute approximate surface area is 303 Å². The van der Waals surface area contributed by atoms with Gasteiger partial charge in [0.05, 0.1) is 22.1 Å². The number of hydrogen-bond donors (Lipinski definition) is 0. The van der Waals surface area contributed by atoms with Gasteiger partial charge in [-0.15, -0.1) is 0 Å². The predicted molar refractivity (Wildman–Crippen MR) is 221 cm³/mol. The summed E-state index contributed by atoms with van der Waals surface area (Å²) in [6.45, 7) is 4.40. The van der Waals surface area contributed by atoms with Gasteiger partial charge in [0.15, 0.2) is 0 Å². The second kappa shape index (κ2) is 12.0. The number of fused-ring (bicyclic) bond motifs is 6. The van der Waals surface area contributed by atoms with Gasteiger partial charge < -0.3 is 9.13 Å². The van der Waals surface area contributed by atoms with Crippen molar-refractivity contribution in [2.75, 3.05) is 0 Å². The highest BCUT2D eigenvalue weighted by molar-refractivity contribution is 6.10. The molecule has 2 heterocycles. The van der Waals surface area contributed by atoms with E-state index in [1.54, 1.807) is 0 Å². The Morgan fingerprint density at radius 1 is 0.288 bits per heavy atom. The second-order valence-electron chi connectivity index (χ2n) is 13.9. The van der Waals surface area contributed by atoms with Crippen LogP contribution in [0.1, 0.15) is 11.1 Å². The Kier molecular flexibility index (Phi) is 6.97. The lowest BCUT2D eigenvalue weighted by molar-refractivity contribution is 1.17. The number of hydrogen-bond acceptors (Lipinski definition) is 0. The molecule has 0 radical (unpaired) electrons. The van der Waals surface area contributed by atoms with Gasteiger partial charge in [0.1, 0.15) is 0 Å². The summed E-state index contributed by atoms with van der Waals surface area (Å²) < 4.78 is 4.78. The molecule has 2 nitrogen and oxygen atoms in total. The zero-order chi connectivity index (χ0) is 34.8. The predicted octanol–water partition coefficient (Wildman–Crippen LogP) is 13.5. The summed E-state index contributed by atoms with van der Waals surface area (Å²) in [5.74, 6) is 0. The van der Waals surface area contributed by atoms with Gasteiger partial charge in [0.2, 0.25) is 0 Å². The minimum atomic E-state index is 1.16. The fourth-order valence-corrected chi connectivity index (χ4v) is 8.23. The van der Waals surface area contributed by atoms with Crippen molar-refractivity contribution < 1.29 is 0 Å². The van der Waals surface area contributed by atoms with Gasteiger partial charge in [-0.2, -0.15) is 0 Å². The van der Waals surface area contributed by atoms with Crippen molar-refractivity contribution >= 4 is 43.6 Å². The van der Waals surface area contributed by atoms with Gasteiger partial charge in [0, 0.05) is 32.9 Å². The van der Waals surface area contributed by atoms with Gasteiger partial charge >= 0.3 is 0 Å². The van der Waals surface area contributed by atoms with E-state index in [1.807, 2.05) is 0 Å². The summed E-state index contributed by atoms with van der Waals surface area (Å²) >= 11 is 0. The molecule has 0 saturated heterocycles. The van der Waals surface area contributed by atoms with Gasteiger partial charge in [0.25, 0.3) is 0 Å². The van der Waals surface area contributed by atoms with Crippen molar-refractivity contribution in [3.63, 3.8) is 0 Å². The van der Waals surface area contributed by atoms with Crippen LogP contribution in [0.2, 0.25) is 0 Å². The molecule has 8 aromatic carbocycles. The molecule has 0 bridgehead atoms. The molecule has 0 aliphatic rings. The van der Waals surface area contributed by atoms with Crippen molar-refractivity contribution in [1.82, 2.24) is 9.13 Å². The Hall–Kier alpha value is -6.64. The Morgan fingerprint density at radius 2 is 0.635 bits per heavy atom. The van der Waals surface area contributed by atoms with Crippen LogP contribution in [0.3, 0.4) is 0 Å². The first kappa shape index (κ1) is 30.2. The zero-order valence-corrected chi connectivity index (χ0v) is 29.2. The van der Waals surface area contributed by atoms with Crippen molar-refractivity contribution in [2.24, 2.45) is 0 Å². The highest BCUT2D eigenvalue weighted by Crippen LogP contribution is 2.40. The van der Waals surface area contributed by atoms with Crippen LogP contribution in [0, 0.1) is 13.8 Å². The fraction of sp³-hybridized carbons (Fsp3) is 0.0400. The van der Waals surface area contributed by atoms with Gasteiger partial charge in [-0.25, -0.2) is 0 Å². The molecule has 0 spiro atoms. The highest BCUT2D eigenvalue weighted by Gasteiger charge is 2.16. The lowest BCUT2D eigenvalue weighted by Gasteiger charge is -2.16. The van der Waals surface area contributed by atoms with Crippen LogP contribution in [0.15, 0.2) is 182 Å². The number of nitrogens with zero attached hydrogens (tertiary/aromatic N) is 2. The van der Waals surface area contributed by atoms with Crippen molar-refractivity contribution in [1.29, 1.82) is 0 Å². The molecule has 0 aliphatic heterocycles. The monoisotopic (exact) mass is 664 g/mol. The van der Waals surface area contributed by atoms with Crippen LogP contribution in [-0.2, 0) is 0 Å². The Balaban J connectivity index is 1.04. The molecule has 0 amide bonds. The Bertz CT molecular complexity index is 2900. The van der Waals surface area contributed by atoms with E-state index in [2.05, 4.69) is 205 Å². The maximum Gasteiger partial charge on any atom is 0.0543 e. The maximum atomic E-state index is 2.41. The molecule has 0 aliphatic carbocycles. The maximum absolute atomic E-state index is 2.41. The molecular weight excluding hydrogens is 629 g/mol. The third-order valence-electron chi connectivity index (χ3n) is 10.9. The molecule has 0 atom stereocenters. The number of aromatic nitrogens is 2. The first-order valence-electron chi connectivity index (χ1n) is 18.0. The van der Waals surface area contributed by atoms with Crippen molar-refractivity contribution in [2.45, 2.75) is 13.8 Å². The standard InChI is InChI=1S/C50H36N2/c1-33-31-46-45-19-9-12-22-49(45)52(50(46)32-34(33)2)38-29-25-36(26-30-38)40-14-4-6-16-42(40)41-15-5-3-13-39(41)35-23-27-37(28-24-35)51-47-20-10-7-17-43(47)44-18-8-11-21-48(44)51/h3-32H,1-2H3. The average Bonchev–Trinajstić information content (AvgIpc) is 3.70. The number of benzene rings is 8. The lowest BCUT2D eigenvalue weighted by atomic mass is 9.89. The van der Waals surface area contributed by atoms with Crippen LogP contribution < -0.4 is 0 Å². The summed E-state index contributed by atoms with van der Waals surface area (Å²) in [5.41, 5.74) is 17.2. The summed E-state index contributed by atoms with van der Waals surface area (Å²) in [7, 11) is 0. The third-order valence-corrected chi connectivity index (χ3v) is 10.9. The largest absolute Gasteiger partial charge is 0.309 e. The average molecular weight is 665 g/mol. The molecule has 10 rings (SSSR count). The van der Waals surface area contributed by atoms with Crippen molar-refractivity contribution in [3.05, 3.63) is 193 Å². The van der Waals surface area contributed by atoms with Gasteiger partial charge in [-0.1, -0.05) is 127 Å². The molecule has 0 saturated carbocycles. The summed E-state index contributed by atoms with van der Waals surface area (Å²) in [4.78, 5) is 0. The molecule has 10 aromatic rings. The van der Waals surface area contributed by atoms with E-state index in [4.69, 9.17) is 0 Å². The van der Waals surface area contributed by atoms with Crippen LogP contribution in [0.4, 0.5) is 0 Å². The smallest absolute Gasteiger partial charge is 0.0543 e. The molecule has 0 N–H and O–H groups in total. The van der Waals surface area contributed by atoms with Gasteiger partial charge in [-0.05, 0) is 113 Å². The molecule has 0 fully saturated rings. The van der Waals surface area contributed by atoms with E-state index in [9.17, 15) is 0 Å². The minimum absolute atomic E-state index is 1.16. The van der Waals surface area contributed by atoms with Crippen LogP contribution in [0.5, 0.6) is 0 Å². The normalized spacial score (nSPS) is 11.7. The first-order valence-corrected chi connectivity index (χ1v) is 18.0. The first-order chi connectivity index (χ1) is 25.6.